The summed E-state index contributed by atoms with van der Waals surface area (Å²) in [5.41, 5.74) is 0.740. The molecule has 1 aromatic carbocycles. The maximum atomic E-state index is 12.4. The summed E-state index contributed by atoms with van der Waals surface area (Å²) in [6, 6.07) is 7.89. The molecular formula is C15H17NO. The molecule has 1 unspecified atom stereocenters. The first kappa shape index (κ1) is 11.8. The number of nitrogens with zero attached hydrogens (tertiary/aromatic N) is 1. The van der Waals surface area contributed by atoms with Gasteiger partial charge in [0.05, 0.1) is 0 Å². The number of Topliss-reactive ketones (excluding diaryl/α,β-unsaturated/α-hetero) is 1. The van der Waals surface area contributed by atoms with Gasteiger partial charge in [-0.05, 0) is 11.3 Å². The maximum Gasteiger partial charge on any atom is 0.168 e. The number of pyridine rings is 1. The largest absolute Gasteiger partial charge is 0.294 e. The third kappa shape index (κ3) is 2.21. The average molecular weight is 227 g/mol. The second-order valence-corrected chi connectivity index (χ2v) is 4.81. The molecule has 0 spiro atoms. The molecule has 2 aromatic rings. The third-order valence-corrected chi connectivity index (χ3v) is 3.35. The van der Waals surface area contributed by atoms with Gasteiger partial charge in [-0.15, -0.1) is 0 Å². The molecule has 0 fully saturated rings. The Labute approximate surface area is 102 Å². The number of hydrogen-bond donors (Lipinski definition) is 0. The molecule has 17 heavy (non-hydrogen) atoms. The van der Waals surface area contributed by atoms with Gasteiger partial charge in [-0.25, -0.2) is 0 Å². The van der Waals surface area contributed by atoms with Crippen molar-refractivity contribution < 1.29 is 4.79 Å². The first-order chi connectivity index (χ1) is 8.11. The van der Waals surface area contributed by atoms with Gasteiger partial charge in [0.2, 0.25) is 0 Å². The lowest BCUT2D eigenvalue weighted by molar-refractivity contribution is 0.0901. The van der Waals surface area contributed by atoms with Crippen LogP contribution in [0.4, 0.5) is 0 Å². The van der Waals surface area contributed by atoms with E-state index in [1.165, 1.54) is 0 Å². The second kappa shape index (κ2) is 4.66. The van der Waals surface area contributed by atoms with Crippen LogP contribution in [0.5, 0.6) is 0 Å². The number of fused-ring (bicyclic) bond motifs is 1. The van der Waals surface area contributed by atoms with Gasteiger partial charge in [-0.2, -0.15) is 0 Å². The Hall–Kier alpha value is -1.70. The number of carbonyl (C=O) groups is 1. The van der Waals surface area contributed by atoms with E-state index in [9.17, 15) is 4.79 Å². The first-order valence-electron chi connectivity index (χ1n) is 5.98. The van der Waals surface area contributed by atoms with Crippen molar-refractivity contribution in [2.45, 2.75) is 20.8 Å². The molecule has 1 atom stereocenters. The van der Waals surface area contributed by atoms with E-state index in [0.717, 1.165) is 16.3 Å². The lowest BCUT2D eigenvalue weighted by Gasteiger charge is -2.15. The van der Waals surface area contributed by atoms with E-state index in [0.29, 0.717) is 5.92 Å². The van der Waals surface area contributed by atoms with Gasteiger partial charge in [0.25, 0.3) is 0 Å². The molecule has 2 heteroatoms. The van der Waals surface area contributed by atoms with E-state index in [1.807, 2.05) is 31.2 Å². The molecular weight excluding hydrogens is 210 g/mol. The molecule has 0 saturated carbocycles. The molecule has 0 aliphatic rings. The van der Waals surface area contributed by atoms with Crippen molar-refractivity contribution in [2.24, 2.45) is 11.8 Å². The highest BCUT2D eigenvalue weighted by atomic mass is 16.1. The number of rotatable bonds is 3. The van der Waals surface area contributed by atoms with Gasteiger partial charge >= 0.3 is 0 Å². The van der Waals surface area contributed by atoms with Crippen LogP contribution in [0.1, 0.15) is 31.1 Å². The van der Waals surface area contributed by atoms with Crippen molar-refractivity contribution in [1.82, 2.24) is 4.98 Å². The molecule has 1 aromatic heterocycles. The number of ketones is 1. The predicted octanol–water partition coefficient (Wildman–Crippen LogP) is 3.71. The van der Waals surface area contributed by atoms with Crippen LogP contribution in [0.25, 0.3) is 10.8 Å². The second-order valence-electron chi connectivity index (χ2n) is 4.81. The van der Waals surface area contributed by atoms with Gasteiger partial charge in [-0.3, -0.25) is 9.78 Å². The molecule has 0 radical (unpaired) electrons. The summed E-state index contributed by atoms with van der Waals surface area (Å²) < 4.78 is 0. The van der Waals surface area contributed by atoms with Crippen molar-refractivity contribution in [3.05, 3.63) is 42.2 Å². The summed E-state index contributed by atoms with van der Waals surface area (Å²) in [5.74, 6) is 0.563. The molecule has 0 aliphatic heterocycles. The summed E-state index contributed by atoms with van der Waals surface area (Å²) >= 11 is 0. The highest BCUT2D eigenvalue weighted by molar-refractivity contribution is 6.08. The summed E-state index contributed by atoms with van der Waals surface area (Å²) in [6.07, 6.45) is 3.48. The Morgan fingerprint density at radius 3 is 2.53 bits per heavy atom. The maximum absolute atomic E-state index is 12.4. The zero-order chi connectivity index (χ0) is 12.4. The smallest absolute Gasteiger partial charge is 0.168 e. The van der Waals surface area contributed by atoms with E-state index in [1.54, 1.807) is 12.4 Å². The van der Waals surface area contributed by atoms with Gasteiger partial charge in [0, 0.05) is 29.3 Å². The SMILES string of the molecule is CC(C)C(C)C(=O)c1cncc2ccccc12. The van der Waals surface area contributed by atoms with Gasteiger partial charge < -0.3 is 0 Å². The molecule has 0 N–H and O–H groups in total. The normalized spacial score (nSPS) is 12.9. The Morgan fingerprint density at radius 2 is 1.82 bits per heavy atom. The first-order valence-corrected chi connectivity index (χ1v) is 5.98. The van der Waals surface area contributed by atoms with Crippen LogP contribution in [0.2, 0.25) is 0 Å². The summed E-state index contributed by atoms with van der Waals surface area (Å²) in [7, 11) is 0. The van der Waals surface area contributed by atoms with Crippen molar-refractivity contribution >= 4 is 16.6 Å². The van der Waals surface area contributed by atoms with E-state index in [4.69, 9.17) is 0 Å². The molecule has 2 rings (SSSR count). The van der Waals surface area contributed by atoms with Crippen LogP contribution in [0.3, 0.4) is 0 Å². The van der Waals surface area contributed by atoms with Crippen molar-refractivity contribution in [2.75, 3.05) is 0 Å². The Balaban J connectivity index is 2.52. The van der Waals surface area contributed by atoms with Gasteiger partial charge in [-0.1, -0.05) is 45.0 Å². The minimum atomic E-state index is 0.0302. The monoisotopic (exact) mass is 227 g/mol. The molecule has 1 heterocycles. The van der Waals surface area contributed by atoms with E-state index in [2.05, 4.69) is 18.8 Å². The van der Waals surface area contributed by atoms with E-state index < -0.39 is 0 Å². The van der Waals surface area contributed by atoms with Crippen molar-refractivity contribution in [1.29, 1.82) is 0 Å². The lowest BCUT2D eigenvalue weighted by Crippen LogP contribution is -2.17. The standard InChI is InChI=1S/C15H17NO/c1-10(2)11(3)15(17)14-9-16-8-12-6-4-5-7-13(12)14/h4-11H,1-3H3. The van der Waals surface area contributed by atoms with E-state index in [-0.39, 0.29) is 11.7 Å². The summed E-state index contributed by atoms with van der Waals surface area (Å²) in [4.78, 5) is 16.5. The fourth-order valence-electron chi connectivity index (χ4n) is 1.86. The molecule has 0 aliphatic carbocycles. The fraction of sp³-hybridized carbons (Fsp3) is 0.333. The zero-order valence-electron chi connectivity index (χ0n) is 10.5. The molecule has 2 nitrogen and oxygen atoms in total. The minimum Gasteiger partial charge on any atom is -0.294 e. The lowest BCUT2D eigenvalue weighted by atomic mass is 9.89. The quantitative estimate of drug-likeness (QED) is 0.748. The van der Waals surface area contributed by atoms with Crippen molar-refractivity contribution in [3.63, 3.8) is 0 Å². The fourth-order valence-corrected chi connectivity index (χ4v) is 1.86. The highest BCUT2D eigenvalue weighted by Gasteiger charge is 2.20. The van der Waals surface area contributed by atoms with Crippen LogP contribution >= 0.6 is 0 Å². The molecule has 0 amide bonds. The zero-order valence-corrected chi connectivity index (χ0v) is 10.5. The van der Waals surface area contributed by atoms with Crippen LogP contribution in [-0.2, 0) is 0 Å². The summed E-state index contributed by atoms with van der Waals surface area (Å²) in [6.45, 7) is 6.12. The topological polar surface area (TPSA) is 30.0 Å². The van der Waals surface area contributed by atoms with Crippen LogP contribution in [-0.4, -0.2) is 10.8 Å². The minimum absolute atomic E-state index is 0.0302. The summed E-state index contributed by atoms with van der Waals surface area (Å²) in [5, 5.41) is 2.02. The number of hydrogen-bond acceptors (Lipinski definition) is 2. The van der Waals surface area contributed by atoms with Gasteiger partial charge in [0.15, 0.2) is 5.78 Å². The Bertz CT molecular complexity index is 540. The third-order valence-electron chi connectivity index (χ3n) is 3.35. The number of carbonyl (C=O) groups excluding carboxylic acids is 1. The van der Waals surface area contributed by atoms with Crippen LogP contribution in [0.15, 0.2) is 36.7 Å². The highest BCUT2D eigenvalue weighted by Crippen LogP contribution is 2.22. The Morgan fingerprint density at radius 1 is 1.12 bits per heavy atom. The van der Waals surface area contributed by atoms with Crippen LogP contribution < -0.4 is 0 Å². The number of benzene rings is 1. The molecule has 0 saturated heterocycles. The van der Waals surface area contributed by atoms with Gasteiger partial charge in [0.1, 0.15) is 0 Å². The molecule has 88 valence electrons. The van der Waals surface area contributed by atoms with Crippen molar-refractivity contribution in [3.8, 4) is 0 Å². The average Bonchev–Trinajstić information content (AvgIpc) is 2.36. The van der Waals surface area contributed by atoms with E-state index >= 15 is 0 Å². The predicted molar refractivity (Wildman–Crippen MR) is 70.1 cm³/mol. The Kier molecular flexibility index (Phi) is 3.23. The van der Waals surface area contributed by atoms with Crippen LogP contribution in [0, 0.1) is 11.8 Å². The molecule has 0 bridgehead atoms. The number of aromatic nitrogens is 1.